The first-order chi connectivity index (χ1) is 14.5. The van der Waals surface area contributed by atoms with Crippen molar-refractivity contribution in [2.75, 3.05) is 20.2 Å². The lowest BCUT2D eigenvalue weighted by Crippen LogP contribution is -2.45. The molecule has 0 spiro atoms. The quantitative estimate of drug-likeness (QED) is 0.752. The van der Waals surface area contributed by atoms with Gasteiger partial charge in [-0.15, -0.1) is 0 Å². The summed E-state index contributed by atoms with van der Waals surface area (Å²) in [7, 11) is 1.57. The highest BCUT2D eigenvalue weighted by Gasteiger charge is 2.40. The Morgan fingerprint density at radius 1 is 1.27 bits per heavy atom. The second-order valence-electron chi connectivity index (χ2n) is 8.32. The van der Waals surface area contributed by atoms with Crippen LogP contribution < -0.4 is 5.32 Å². The Hall–Kier alpha value is -2.52. The number of aliphatic hydroxyl groups is 1. The largest absolute Gasteiger partial charge is 0.389 e. The minimum Gasteiger partial charge on any atom is -0.389 e. The Kier molecular flexibility index (Phi) is 6.01. The molecule has 2 amide bonds. The van der Waals surface area contributed by atoms with Gasteiger partial charge in [0.1, 0.15) is 11.7 Å². The number of amides is 2. The van der Waals surface area contributed by atoms with Gasteiger partial charge in [-0.25, -0.2) is 9.50 Å². The van der Waals surface area contributed by atoms with Gasteiger partial charge in [0.25, 0.3) is 11.8 Å². The zero-order chi connectivity index (χ0) is 21.3. The Balaban J connectivity index is 1.42. The predicted molar refractivity (Wildman–Crippen MR) is 109 cm³/mol. The molecule has 1 aliphatic carbocycles. The second kappa shape index (κ2) is 8.69. The molecule has 162 valence electrons. The van der Waals surface area contributed by atoms with Crippen LogP contribution in [0.2, 0.25) is 0 Å². The molecule has 2 aromatic rings. The van der Waals surface area contributed by atoms with Crippen LogP contribution in [0.4, 0.5) is 0 Å². The van der Waals surface area contributed by atoms with E-state index in [4.69, 9.17) is 4.74 Å². The van der Waals surface area contributed by atoms with E-state index in [2.05, 4.69) is 15.4 Å². The summed E-state index contributed by atoms with van der Waals surface area (Å²) in [4.78, 5) is 31.7. The number of hydrogen-bond donors (Lipinski definition) is 2. The van der Waals surface area contributed by atoms with Crippen LogP contribution in [0.5, 0.6) is 0 Å². The fourth-order valence-electron chi connectivity index (χ4n) is 4.64. The Labute approximate surface area is 175 Å². The molecule has 0 bridgehead atoms. The van der Waals surface area contributed by atoms with E-state index >= 15 is 0 Å². The van der Waals surface area contributed by atoms with Crippen molar-refractivity contribution in [3.8, 4) is 0 Å². The van der Waals surface area contributed by atoms with Crippen LogP contribution in [0.15, 0.2) is 18.5 Å². The number of hydrogen-bond acceptors (Lipinski definition) is 6. The van der Waals surface area contributed by atoms with Crippen LogP contribution in [0.3, 0.4) is 0 Å². The average molecular weight is 415 g/mol. The Morgan fingerprint density at radius 3 is 2.77 bits per heavy atom. The van der Waals surface area contributed by atoms with Crippen molar-refractivity contribution < 1.29 is 19.4 Å². The van der Waals surface area contributed by atoms with E-state index in [1.807, 2.05) is 13.0 Å². The smallest absolute Gasteiger partial charge is 0.257 e. The molecule has 2 N–H and O–H groups in total. The third-order valence-corrected chi connectivity index (χ3v) is 6.33. The molecular weight excluding hydrogens is 386 g/mol. The molecule has 3 atom stereocenters. The monoisotopic (exact) mass is 415 g/mol. The molecule has 9 nitrogen and oxygen atoms in total. The summed E-state index contributed by atoms with van der Waals surface area (Å²) in [6, 6.07) is 1.26. The third kappa shape index (κ3) is 3.91. The fourth-order valence-corrected chi connectivity index (χ4v) is 4.64. The number of methoxy groups -OCH3 is 1. The van der Waals surface area contributed by atoms with E-state index in [0.717, 1.165) is 31.4 Å². The number of carbonyl (C=O) groups is 2. The molecule has 2 aliphatic rings. The summed E-state index contributed by atoms with van der Waals surface area (Å²) in [5.41, 5.74) is 1.67. The highest BCUT2D eigenvalue weighted by Crippen LogP contribution is 2.29. The number of carbonyl (C=O) groups excluding carboxylic acids is 2. The lowest BCUT2D eigenvalue weighted by molar-refractivity contribution is -0.145. The molecule has 30 heavy (non-hydrogen) atoms. The van der Waals surface area contributed by atoms with E-state index < -0.39 is 18.2 Å². The molecule has 4 rings (SSSR count). The maximum Gasteiger partial charge on any atom is 0.257 e. The summed E-state index contributed by atoms with van der Waals surface area (Å²) in [6.07, 6.45) is 7.19. The zero-order valence-corrected chi connectivity index (χ0v) is 17.5. The van der Waals surface area contributed by atoms with Gasteiger partial charge >= 0.3 is 0 Å². The van der Waals surface area contributed by atoms with Gasteiger partial charge in [-0.2, -0.15) is 5.10 Å². The molecule has 1 saturated heterocycles. The van der Waals surface area contributed by atoms with Crippen molar-refractivity contribution in [3.05, 3.63) is 29.7 Å². The Bertz CT molecular complexity index is 923. The summed E-state index contributed by atoms with van der Waals surface area (Å²) >= 11 is 0. The summed E-state index contributed by atoms with van der Waals surface area (Å²) in [5, 5.41) is 17.5. The molecule has 3 heterocycles. The zero-order valence-electron chi connectivity index (χ0n) is 17.5. The van der Waals surface area contributed by atoms with Crippen molar-refractivity contribution in [2.45, 2.75) is 57.3 Å². The number of fused-ring (bicyclic) bond motifs is 1. The minimum atomic E-state index is -0.835. The van der Waals surface area contributed by atoms with Crippen LogP contribution in [-0.4, -0.2) is 74.9 Å². The van der Waals surface area contributed by atoms with Gasteiger partial charge in [0.2, 0.25) is 0 Å². The van der Waals surface area contributed by atoms with Gasteiger partial charge < -0.3 is 20.1 Å². The van der Waals surface area contributed by atoms with Gasteiger partial charge in [0.05, 0.1) is 18.3 Å². The topological polar surface area (TPSA) is 109 Å². The SMILES string of the molecule is COC(C(=O)N1C[C@@H](O)[C@H](NC(=O)c2cnn3c(C)ccnc23)C1)C1CCCCC1. The highest BCUT2D eigenvalue weighted by molar-refractivity contribution is 5.99. The molecule has 0 radical (unpaired) electrons. The first-order valence-electron chi connectivity index (χ1n) is 10.6. The van der Waals surface area contributed by atoms with Crippen molar-refractivity contribution >= 4 is 17.5 Å². The van der Waals surface area contributed by atoms with Crippen molar-refractivity contribution in [1.82, 2.24) is 24.8 Å². The number of ether oxygens (including phenoxy) is 1. The summed E-state index contributed by atoms with van der Waals surface area (Å²) in [5.74, 6) is -0.249. The summed E-state index contributed by atoms with van der Waals surface area (Å²) < 4.78 is 7.15. The van der Waals surface area contributed by atoms with Gasteiger partial charge in [-0.05, 0) is 31.7 Å². The number of rotatable bonds is 5. The maximum atomic E-state index is 13.0. The van der Waals surface area contributed by atoms with Gasteiger partial charge in [0.15, 0.2) is 5.65 Å². The molecule has 1 aliphatic heterocycles. The van der Waals surface area contributed by atoms with Crippen LogP contribution in [0.25, 0.3) is 5.65 Å². The molecule has 1 unspecified atom stereocenters. The molecule has 2 fully saturated rings. The maximum absolute atomic E-state index is 13.0. The molecule has 1 saturated carbocycles. The second-order valence-corrected chi connectivity index (χ2v) is 8.32. The Morgan fingerprint density at radius 2 is 2.03 bits per heavy atom. The number of nitrogens with zero attached hydrogens (tertiary/aromatic N) is 4. The number of β-amino-alcohol motifs (C(OH)–C–C–N with tert-alkyl or cyclic N) is 1. The average Bonchev–Trinajstić information content (AvgIpc) is 3.34. The van der Waals surface area contributed by atoms with E-state index in [1.165, 1.54) is 12.6 Å². The molecule has 0 aromatic carbocycles. The number of aryl methyl sites for hydroxylation is 1. The highest BCUT2D eigenvalue weighted by atomic mass is 16.5. The number of nitrogens with one attached hydrogen (secondary N) is 1. The standard InChI is InChI=1S/C21H29N5O4/c1-13-8-9-22-19-15(10-23-26(13)19)20(28)24-16-11-25(12-17(16)27)21(29)18(30-2)14-6-4-3-5-7-14/h8-10,14,16-18,27H,3-7,11-12H2,1-2H3,(H,24,28)/t16-,17-,18?/m1/s1. The first kappa shape index (κ1) is 20.7. The van der Waals surface area contributed by atoms with Crippen LogP contribution in [-0.2, 0) is 9.53 Å². The van der Waals surface area contributed by atoms with E-state index in [0.29, 0.717) is 11.2 Å². The third-order valence-electron chi connectivity index (χ3n) is 6.33. The van der Waals surface area contributed by atoms with Crippen LogP contribution >= 0.6 is 0 Å². The number of aliphatic hydroxyl groups excluding tert-OH is 1. The minimum absolute atomic E-state index is 0.103. The number of aromatic nitrogens is 3. The lowest BCUT2D eigenvalue weighted by atomic mass is 9.84. The van der Waals surface area contributed by atoms with Crippen LogP contribution in [0, 0.1) is 12.8 Å². The summed E-state index contributed by atoms with van der Waals surface area (Å²) in [6.45, 7) is 2.32. The van der Waals surface area contributed by atoms with Gasteiger partial charge in [-0.3, -0.25) is 9.59 Å². The van der Waals surface area contributed by atoms with E-state index in [-0.39, 0.29) is 30.8 Å². The van der Waals surface area contributed by atoms with Gasteiger partial charge in [0, 0.05) is 32.1 Å². The first-order valence-corrected chi connectivity index (χ1v) is 10.6. The normalized spacial score (nSPS) is 23.6. The fraction of sp³-hybridized carbons (Fsp3) is 0.619. The van der Waals surface area contributed by atoms with Crippen molar-refractivity contribution in [2.24, 2.45) is 5.92 Å². The number of likely N-dealkylation sites (tertiary alicyclic amines) is 1. The predicted octanol–water partition coefficient (Wildman–Crippen LogP) is 0.935. The molecular formula is C21H29N5O4. The van der Waals surface area contributed by atoms with Crippen molar-refractivity contribution in [1.29, 1.82) is 0 Å². The van der Waals surface area contributed by atoms with E-state index in [1.54, 1.807) is 22.7 Å². The molecule has 9 heteroatoms. The van der Waals surface area contributed by atoms with E-state index in [9.17, 15) is 14.7 Å². The van der Waals surface area contributed by atoms with Crippen molar-refractivity contribution in [3.63, 3.8) is 0 Å². The van der Waals surface area contributed by atoms with Gasteiger partial charge in [-0.1, -0.05) is 19.3 Å². The molecule has 2 aromatic heterocycles. The van der Waals surface area contributed by atoms with Crippen LogP contribution in [0.1, 0.15) is 48.2 Å². The lowest BCUT2D eigenvalue weighted by Gasteiger charge is -2.31.